The number of rotatable bonds is 4. The van der Waals surface area contributed by atoms with Crippen molar-refractivity contribution in [2.24, 2.45) is 0 Å². The van der Waals surface area contributed by atoms with Crippen LogP contribution in [0, 0.1) is 0 Å². The van der Waals surface area contributed by atoms with Gasteiger partial charge in [-0.05, 0) is 42.0 Å². The zero-order chi connectivity index (χ0) is 22.7. The summed E-state index contributed by atoms with van der Waals surface area (Å²) in [4.78, 5) is 42.4. The van der Waals surface area contributed by atoms with Crippen LogP contribution < -0.4 is 15.5 Å². The van der Waals surface area contributed by atoms with Gasteiger partial charge in [-0.1, -0.05) is 54.1 Å². The highest BCUT2D eigenvalue weighted by Gasteiger charge is 2.39. The van der Waals surface area contributed by atoms with Crippen LogP contribution in [-0.4, -0.2) is 36.0 Å². The lowest BCUT2D eigenvalue weighted by Gasteiger charge is -2.30. The summed E-state index contributed by atoms with van der Waals surface area (Å²) in [5.74, 6) is -0.774. The summed E-state index contributed by atoms with van der Waals surface area (Å²) < 4.78 is 0. The second-order valence-electron chi connectivity index (χ2n) is 7.34. The molecule has 0 spiro atoms. The van der Waals surface area contributed by atoms with Crippen LogP contribution >= 0.6 is 11.6 Å². The smallest absolute Gasteiger partial charge is 0.311 e. The summed E-state index contributed by atoms with van der Waals surface area (Å²) in [6, 6.07) is 22.2. The fraction of sp³-hybridized carbons (Fsp3) is 0.125. The first-order valence-electron chi connectivity index (χ1n) is 9.98. The minimum Gasteiger partial charge on any atom is -0.311 e. The van der Waals surface area contributed by atoms with Gasteiger partial charge in [0, 0.05) is 24.3 Å². The minimum atomic E-state index is -1.20. The summed E-state index contributed by atoms with van der Waals surface area (Å²) >= 11 is 5.89. The molecule has 1 aliphatic rings. The third kappa shape index (κ3) is 4.43. The molecule has 0 bridgehead atoms. The van der Waals surface area contributed by atoms with E-state index in [2.05, 4.69) is 10.6 Å². The number of anilines is 2. The van der Waals surface area contributed by atoms with Crippen LogP contribution in [0.4, 0.5) is 16.2 Å². The number of carbonyl (C=O) groups is 3. The molecule has 1 unspecified atom stereocenters. The Balaban J connectivity index is 1.66. The Hall–Kier alpha value is -3.84. The van der Waals surface area contributed by atoms with E-state index in [0.29, 0.717) is 22.0 Å². The van der Waals surface area contributed by atoms with Crippen LogP contribution in [0.15, 0.2) is 78.9 Å². The van der Waals surface area contributed by atoms with Crippen molar-refractivity contribution in [3.8, 4) is 0 Å². The highest BCUT2D eigenvalue weighted by atomic mass is 35.5. The zero-order valence-electron chi connectivity index (χ0n) is 17.3. The van der Waals surface area contributed by atoms with E-state index in [0.717, 1.165) is 5.56 Å². The van der Waals surface area contributed by atoms with Crippen molar-refractivity contribution in [3.05, 3.63) is 95.0 Å². The summed E-state index contributed by atoms with van der Waals surface area (Å²) in [6.07, 6.45) is -1.20. The number of nitrogens with one attached hydrogen (secondary N) is 2. The molecule has 0 fully saturated rings. The van der Waals surface area contributed by atoms with E-state index < -0.39 is 18.1 Å². The molecular formula is C24H21ClN4O3. The monoisotopic (exact) mass is 448 g/mol. The van der Waals surface area contributed by atoms with Crippen molar-refractivity contribution in [3.63, 3.8) is 0 Å². The van der Waals surface area contributed by atoms with E-state index >= 15 is 0 Å². The number of para-hydroxylation sites is 1. The van der Waals surface area contributed by atoms with Crippen LogP contribution in [0.2, 0.25) is 5.02 Å². The average Bonchev–Trinajstić information content (AvgIpc) is 2.88. The predicted molar refractivity (Wildman–Crippen MR) is 124 cm³/mol. The van der Waals surface area contributed by atoms with E-state index in [9.17, 15) is 14.4 Å². The third-order valence-electron chi connectivity index (χ3n) is 5.20. The topological polar surface area (TPSA) is 81.8 Å². The Morgan fingerprint density at radius 1 is 0.938 bits per heavy atom. The van der Waals surface area contributed by atoms with Gasteiger partial charge in [-0.2, -0.15) is 0 Å². The summed E-state index contributed by atoms with van der Waals surface area (Å²) in [5, 5.41) is 5.88. The molecule has 4 rings (SSSR count). The summed E-state index contributed by atoms with van der Waals surface area (Å²) in [6.45, 7) is 0.152. The maximum atomic E-state index is 13.5. The van der Waals surface area contributed by atoms with Gasteiger partial charge in [0.15, 0.2) is 6.17 Å². The molecule has 3 aromatic rings. The minimum absolute atomic E-state index is 0.152. The van der Waals surface area contributed by atoms with E-state index in [1.807, 2.05) is 30.3 Å². The van der Waals surface area contributed by atoms with E-state index in [1.54, 1.807) is 55.6 Å². The van der Waals surface area contributed by atoms with Gasteiger partial charge in [-0.3, -0.25) is 9.59 Å². The Labute approximate surface area is 190 Å². The van der Waals surface area contributed by atoms with Crippen LogP contribution in [0.5, 0.6) is 0 Å². The summed E-state index contributed by atoms with van der Waals surface area (Å²) in [5.41, 5.74) is 2.22. The Bertz CT molecular complexity index is 1150. The molecule has 0 radical (unpaired) electrons. The molecule has 3 aromatic carbocycles. The first-order valence-corrected chi connectivity index (χ1v) is 10.4. The standard InChI is InChI=1S/C24H21ClN4O3/c1-28-20-10-6-5-9-19(20)22(30)29(15-16-7-3-2-4-8-16)21(23(28)31)27-24(32)26-18-13-11-17(25)12-14-18/h2-14,21H,15H2,1H3,(H2,26,27,32). The number of urea groups is 1. The lowest BCUT2D eigenvalue weighted by molar-refractivity contribution is -0.123. The fourth-order valence-corrected chi connectivity index (χ4v) is 3.69. The molecule has 0 saturated carbocycles. The normalized spacial score (nSPS) is 15.8. The first kappa shape index (κ1) is 21.4. The van der Waals surface area contributed by atoms with Crippen molar-refractivity contribution in [1.82, 2.24) is 10.2 Å². The van der Waals surface area contributed by atoms with Gasteiger partial charge in [-0.25, -0.2) is 4.79 Å². The molecule has 7 nitrogen and oxygen atoms in total. The van der Waals surface area contributed by atoms with E-state index in [4.69, 9.17) is 11.6 Å². The maximum Gasteiger partial charge on any atom is 0.321 e. The number of amides is 4. The Kier molecular flexibility index (Phi) is 6.09. The van der Waals surface area contributed by atoms with Crippen LogP contribution in [0.25, 0.3) is 0 Å². The van der Waals surface area contributed by atoms with Gasteiger partial charge in [0.2, 0.25) is 0 Å². The molecule has 1 aliphatic heterocycles. The maximum absolute atomic E-state index is 13.5. The number of hydrogen-bond acceptors (Lipinski definition) is 3. The van der Waals surface area contributed by atoms with Gasteiger partial charge >= 0.3 is 6.03 Å². The van der Waals surface area contributed by atoms with Crippen molar-refractivity contribution >= 4 is 40.8 Å². The second kappa shape index (κ2) is 9.11. The Morgan fingerprint density at radius 3 is 2.31 bits per heavy atom. The van der Waals surface area contributed by atoms with E-state index in [1.165, 1.54) is 9.80 Å². The van der Waals surface area contributed by atoms with Gasteiger partial charge in [0.25, 0.3) is 11.8 Å². The van der Waals surface area contributed by atoms with Gasteiger partial charge < -0.3 is 20.4 Å². The number of fused-ring (bicyclic) bond motifs is 1. The number of likely N-dealkylation sites (N-methyl/N-ethyl adjacent to an activating group) is 1. The van der Waals surface area contributed by atoms with Crippen molar-refractivity contribution in [2.45, 2.75) is 12.7 Å². The molecule has 8 heteroatoms. The molecule has 32 heavy (non-hydrogen) atoms. The molecule has 2 N–H and O–H groups in total. The molecule has 1 atom stereocenters. The van der Waals surface area contributed by atoms with Gasteiger partial charge in [0.05, 0.1) is 11.3 Å². The number of nitrogens with zero attached hydrogens (tertiary/aromatic N) is 2. The number of halogens is 1. The van der Waals surface area contributed by atoms with Gasteiger partial charge in [0.1, 0.15) is 0 Å². The molecule has 0 aliphatic carbocycles. The van der Waals surface area contributed by atoms with Crippen molar-refractivity contribution < 1.29 is 14.4 Å². The molecule has 4 amide bonds. The summed E-state index contributed by atoms with van der Waals surface area (Å²) in [7, 11) is 1.59. The number of carbonyl (C=O) groups excluding carboxylic acids is 3. The lowest BCUT2D eigenvalue weighted by atomic mass is 10.1. The quantitative estimate of drug-likeness (QED) is 0.630. The fourth-order valence-electron chi connectivity index (χ4n) is 3.56. The van der Waals surface area contributed by atoms with E-state index in [-0.39, 0.29) is 12.5 Å². The molecule has 1 heterocycles. The lowest BCUT2D eigenvalue weighted by Crippen LogP contribution is -2.57. The van der Waals surface area contributed by atoms with Crippen LogP contribution in [0.1, 0.15) is 15.9 Å². The Morgan fingerprint density at radius 2 is 1.59 bits per heavy atom. The molecular weight excluding hydrogens is 428 g/mol. The van der Waals surface area contributed by atoms with Gasteiger partial charge in [-0.15, -0.1) is 0 Å². The second-order valence-corrected chi connectivity index (χ2v) is 7.78. The molecule has 0 saturated heterocycles. The largest absolute Gasteiger partial charge is 0.321 e. The number of hydrogen-bond donors (Lipinski definition) is 2. The zero-order valence-corrected chi connectivity index (χ0v) is 18.0. The SMILES string of the molecule is CN1C(=O)C(NC(=O)Nc2ccc(Cl)cc2)N(Cc2ccccc2)C(=O)c2ccccc21. The van der Waals surface area contributed by atoms with Crippen LogP contribution in [-0.2, 0) is 11.3 Å². The first-order chi connectivity index (χ1) is 15.4. The average molecular weight is 449 g/mol. The predicted octanol–water partition coefficient (Wildman–Crippen LogP) is 4.11. The third-order valence-corrected chi connectivity index (χ3v) is 5.45. The number of benzene rings is 3. The highest BCUT2D eigenvalue weighted by molar-refractivity contribution is 6.30. The van der Waals surface area contributed by atoms with Crippen molar-refractivity contribution in [1.29, 1.82) is 0 Å². The molecule has 0 aromatic heterocycles. The van der Waals surface area contributed by atoms with Crippen molar-refractivity contribution in [2.75, 3.05) is 17.3 Å². The highest BCUT2D eigenvalue weighted by Crippen LogP contribution is 2.27. The van der Waals surface area contributed by atoms with Crippen LogP contribution in [0.3, 0.4) is 0 Å². The molecule has 162 valence electrons.